The van der Waals surface area contributed by atoms with Crippen LogP contribution in [0.25, 0.3) is 0 Å². The summed E-state index contributed by atoms with van der Waals surface area (Å²) in [4.78, 5) is 27.5. The summed E-state index contributed by atoms with van der Waals surface area (Å²) in [5.41, 5.74) is 0.961. The molecule has 0 bridgehead atoms. The van der Waals surface area contributed by atoms with Crippen molar-refractivity contribution in [1.82, 2.24) is 4.90 Å². The summed E-state index contributed by atoms with van der Waals surface area (Å²) in [7, 11) is -0.677. The van der Waals surface area contributed by atoms with Gasteiger partial charge in [0.05, 0.1) is 14.2 Å². The third kappa shape index (κ3) is 3.52. The van der Waals surface area contributed by atoms with Crippen molar-refractivity contribution in [2.24, 2.45) is 0 Å². The molecule has 9 heteroatoms. The lowest BCUT2D eigenvalue weighted by atomic mass is 10.00. The summed E-state index contributed by atoms with van der Waals surface area (Å²) in [6, 6.07) is 13.8. The maximum Gasteiger partial charge on any atom is 0.254 e. The van der Waals surface area contributed by atoms with Crippen LogP contribution in [0.3, 0.4) is 0 Å². The zero-order valence-electron chi connectivity index (χ0n) is 17.4. The topological polar surface area (TPSA) is 93.2 Å². The zero-order valence-corrected chi connectivity index (χ0v) is 18.2. The third-order valence-electron chi connectivity index (χ3n) is 5.99. The number of ether oxygens (including phenoxy) is 2. The molecule has 31 heavy (non-hydrogen) atoms. The molecule has 2 aromatic rings. The summed E-state index contributed by atoms with van der Waals surface area (Å²) in [5.74, 6) is -0.183. The normalized spacial score (nSPS) is 19.5. The number of amides is 2. The van der Waals surface area contributed by atoms with Gasteiger partial charge in [0.15, 0.2) is 14.7 Å². The van der Waals surface area contributed by atoms with Crippen molar-refractivity contribution in [2.75, 3.05) is 38.0 Å². The maximum atomic E-state index is 13.1. The summed E-state index contributed by atoms with van der Waals surface area (Å²) >= 11 is 0. The van der Waals surface area contributed by atoms with Gasteiger partial charge in [-0.15, -0.1) is 0 Å². The Kier molecular flexibility index (Phi) is 5.38. The van der Waals surface area contributed by atoms with Crippen molar-refractivity contribution in [3.05, 3.63) is 54.1 Å². The fourth-order valence-electron chi connectivity index (χ4n) is 4.39. The molecule has 0 unspecified atom stereocenters. The lowest BCUT2D eigenvalue weighted by Gasteiger charge is -2.43. The van der Waals surface area contributed by atoms with Crippen LogP contribution >= 0.6 is 0 Å². The molecular formula is C22H24N2O6S. The van der Waals surface area contributed by atoms with Crippen molar-refractivity contribution >= 4 is 27.3 Å². The van der Waals surface area contributed by atoms with E-state index in [9.17, 15) is 18.0 Å². The SMILES string of the molecule is COc1cc(OC)cc(C(=O)N2CCC3(CC2)N(c2ccccc2)C(=O)CS3(=O)=O)c1. The summed E-state index contributed by atoms with van der Waals surface area (Å²) in [5, 5.41) is 0. The third-order valence-corrected chi connectivity index (χ3v) is 8.37. The minimum atomic E-state index is -3.69. The lowest BCUT2D eigenvalue weighted by molar-refractivity contribution is -0.116. The Bertz CT molecular complexity index is 1090. The molecule has 0 atom stereocenters. The highest BCUT2D eigenvalue weighted by molar-refractivity contribution is 7.94. The molecule has 164 valence electrons. The fraction of sp³-hybridized carbons (Fsp3) is 0.364. The largest absolute Gasteiger partial charge is 0.497 e. The Labute approximate surface area is 181 Å². The van der Waals surface area contributed by atoms with E-state index in [1.165, 1.54) is 19.1 Å². The molecule has 0 saturated carbocycles. The first-order chi connectivity index (χ1) is 14.8. The Morgan fingerprint density at radius 3 is 2.10 bits per heavy atom. The summed E-state index contributed by atoms with van der Waals surface area (Å²) in [6.07, 6.45) is 0.311. The number of nitrogens with zero attached hydrogens (tertiary/aromatic N) is 2. The molecule has 2 aromatic carbocycles. The summed E-state index contributed by atoms with van der Waals surface area (Å²) < 4.78 is 36.6. The van der Waals surface area contributed by atoms with Crippen LogP contribution in [-0.2, 0) is 14.6 Å². The number of para-hydroxylation sites is 1. The molecule has 2 amide bonds. The van der Waals surface area contributed by atoms with Crippen LogP contribution < -0.4 is 14.4 Å². The van der Waals surface area contributed by atoms with E-state index in [0.29, 0.717) is 22.7 Å². The molecule has 0 aliphatic carbocycles. The first kappa shape index (κ1) is 21.2. The van der Waals surface area contributed by atoms with Crippen LogP contribution in [-0.4, -0.2) is 63.1 Å². The minimum Gasteiger partial charge on any atom is -0.497 e. The molecule has 4 rings (SSSR count). The van der Waals surface area contributed by atoms with Crippen molar-refractivity contribution in [3.63, 3.8) is 0 Å². The van der Waals surface area contributed by atoms with Crippen LogP contribution in [0.15, 0.2) is 48.5 Å². The average molecular weight is 445 g/mol. The second kappa shape index (κ2) is 7.88. The van der Waals surface area contributed by atoms with Crippen LogP contribution in [0.1, 0.15) is 23.2 Å². The smallest absolute Gasteiger partial charge is 0.254 e. The molecule has 2 aliphatic rings. The molecule has 8 nitrogen and oxygen atoms in total. The minimum absolute atomic E-state index is 0.156. The van der Waals surface area contributed by atoms with Gasteiger partial charge in [-0.25, -0.2) is 8.42 Å². The molecule has 0 N–H and O–H groups in total. The van der Waals surface area contributed by atoms with E-state index in [1.54, 1.807) is 47.4 Å². The fourth-order valence-corrected chi connectivity index (χ4v) is 6.40. The zero-order chi connectivity index (χ0) is 22.2. The van der Waals surface area contributed by atoms with Crippen LogP contribution in [0.2, 0.25) is 0 Å². The van der Waals surface area contributed by atoms with Gasteiger partial charge in [-0.2, -0.15) is 0 Å². The van der Waals surface area contributed by atoms with Gasteiger partial charge in [0.2, 0.25) is 5.91 Å². The molecule has 2 fully saturated rings. The monoisotopic (exact) mass is 444 g/mol. The quantitative estimate of drug-likeness (QED) is 0.717. The van der Waals surface area contributed by atoms with Gasteiger partial charge in [-0.3, -0.25) is 14.5 Å². The van der Waals surface area contributed by atoms with Crippen LogP contribution in [0, 0.1) is 0 Å². The highest BCUT2D eigenvalue weighted by Crippen LogP contribution is 2.43. The van der Waals surface area contributed by atoms with E-state index < -0.39 is 26.4 Å². The average Bonchev–Trinajstić information content (AvgIpc) is 2.97. The predicted octanol–water partition coefficient (Wildman–Crippen LogP) is 2.10. The van der Waals surface area contributed by atoms with E-state index in [-0.39, 0.29) is 31.8 Å². The van der Waals surface area contributed by atoms with E-state index in [1.807, 2.05) is 6.07 Å². The number of likely N-dealkylation sites (tertiary alicyclic amines) is 1. The Morgan fingerprint density at radius 1 is 0.968 bits per heavy atom. The van der Waals surface area contributed by atoms with Crippen molar-refractivity contribution in [2.45, 2.75) is 17.7 Å². The first-order valence-corrected chi connectivity index (χ1v) is 11.6. The van der Waals surface area contributed by atoms with Gasteiger partial charge in [-0.05, 0) is 24.3 Å². The number of hydrogen-bond acceptors (Lipinski definition) is 6. The molecule has 1 spiro atoms. The van der Waals surface area contributed by atoms with Crippen LogP contribution in [0.5, 0.6) is 11.5 Å². The van der Waals surface area contributed by atoms with E-state index in [0.717, 1.165) is 0 Å². The molecule has 2 aliphatic heterocycles. The summed E-state index contributed by atoms with van der Waals surface area (Å²) in [6.45, 7) is 0.433. The van der Waals surface area contributed by atoms with Crippen molar-refractivity contribution in [1.29, 1.82) is 0 Å². The number of benzene rings is 2. The highest BCUT2D eigenvalue weighted by Gasteiger charge is 2.59. The second-order valence-electron chi connectivity index (χ2n) is 7.66. The van der Waals surface area contributed by atoms with E-state index >= 15 is 0 Å². The van der Waals surface area contributed by atoms with Crippen molar-refractivity contribution in [3.8, 4) is 11.5 Å². The predicted molar refractivity (Wildman–Crippen MR) is 115 cm³/mol. The van der Waals surface area contributed by atoms with Gasteiger partial charge in [0.1, 0.15) is 17.3 Å². The highest BCUT2D eigenvalue weighted by atomic mass is 32.2. The number of anilines is 1. The number of carbonyl (C=O) groups is 2. The number of rotatable bonds is 4. The molecule has 0 radical (unpaired) electrons. The number of hydrogen-bond donors (Lipinski definition) is 0. The van der Waals surface area contributed by atoms with Gasteiger partial charge in [0.25, 0.3) is 5.91 Å². The van der Waals surface area contributed by atoms with Gasteiger partial charge in [0, 0.05) is 43.2 Å². The molecular weight excluding hydrogens is 420 g/mol. The van der Waals surface area contributed by atoms with E-state index in [4.69, 9.17) is 9.47 Å². The second-order valence-corrected chi connectivity index (χ2v) is 9.94. The van der Waals surface area contributed by atoms with Crippen molar-refractivity contribution < 1.29 is 27.5 Å². The number of piperidine rings is 1. The number of methoxy groups -OCH3 is 2. The molecule has 2 heterocycles. The van der Waals surface area contributed by atoms with E-state index in [2.05, 4.69) is 0 Å². The Balaban J connectivity index is 1.61. The molecule has 0 aromatic heterocycles. The number of sulfone groups is 1. The maximum absolute atomic E-state index is 13.1. The Morgan fingerprint density at radius 2 is 1.55 bits per heavy atom. The van der Waals surface area contributed by atoms with Gasteiger partial charge < -0.3 is 14.4 Å². The molecule has 2 saturated heterocycles. The number of carbonyl (C=O) groups excluding carboxylic acids is 2. The standard InChI is InChI=1S/C22H24N2O6S/c1-29-18-12-16(13-19(14-18)30-2)21(26)23-10-8-22(9-11-23)24(17-6-4-3-5-7-17)20(25)15-31(22,27)28/h3-7,12-14H,8-11,15H2,1-2H3. The Hall–Kier alpha value is -3.07. The first-order valence-electron chi connectivity index (χ1n) is 9.94. The van der Waals surface area contributed by atoms with Gasteiger partial charge in [-0.1, -0.05) is 18.2 Å². The van der Waals surface area contributed by atoms with Gasteiger partial charge >= 0.3 is 0 Å². The van der Waals surface area contributed by atoms with Crippen LogP contribution in [0.4, 0.5) is 5.69 Å². The lowest BCUT2D eigenvalue weighted by Crippen LogP contribution is -2.57.